The molecule has 0 aromatic carbocycles. The molecule has 0 aromatic rings. The van der Waals surface area contributed by atoms with Crippen molar-refractivity contribution in [3.63, 3.8) is 0 Å². The second-order valence-corrected chi connectivity index (χ2v) is 14.2. The third kappa shape index (κ3) is 56.9. The van der Waals surface area contributed by atoms with Gasteiger partial charge in [0.2, 0.25) is 0 Å². The minimum absolute atomic E-state index is 0. The number of unbranched alkanes of at least 4 members (excludes halogenated alkanes) is 30. The van der Waals surface area contributed by atoms with Gasteiger partial charge in [-0.25, -0.2) is 0 Å². The van der Waals surface area contributed by atoms with Crippen LogP contribution in [0.25, 0.3) is 0 Å². The molecule has 0 N–H and O–H groups in total. The Kier molecular flexibility index (Phi) is 53.2. The van der Waals surface area contributed by atoms with Crippen LogP contribution >= 0.6 is 0 Å². The van der Waals surface area contributed by atoms with Crippen LogP contribution in [0.1, 0.15) is 245 Å². The number of hydrogen-bond donors (Lipinski definition) is 0. The van der Waals surface area contributed by atoms with Crippen LogP contribution in [0.4, 0.5) is 0 Å². The van der Waals surface area contributed by atoms with Gasteiger partial charge in [-0.2, -0.15) is 0 Å². The maximum Gasteiger partial charge on any atom is 2.00 e. The molecule has 0 saturated carbocycles. The molecule has 286 valence electrons. The Morgan fingerprint density at radius 2 is 0.510 bits per heavy atom. The first kappa shape index (κ1) is 52.7. The van der Waals surface area contributed by atoms with E-state index in [1.807, 2.05) is 0 Å². The Balaban J connectivity index is -0.000000846. The number of hydrogen-bond acceptors (Lipinski definition) is 4. The second kappa shape index (κ2) is 49.5. The summed E-state index contributed by atoms with van der Waals surface area (Å²) in [5, 5.41) is 20.5. The Morgan fingerprint density at radius 1 is 0.327 bits per heavy atom. The fraction of sp³-hybridized carbons (Fsp3) is 0.864. The number of carbonyl (C=O) groups is 2. The van der Waals surface area contributed by atoms with E-state index in [1.54, 1.807) is 0 Å². The normalized spacial score (nSPS) is 11.1. The van der Waals surface area contributed by atoms with E-state index in [-0.39, 0.29) is 40.1 Å². The predicted octanol–water partition coefficient (Wildman–Crippen LogP) is 12.3. The van der Waals surface area contributed by atoms with Crippen LogP contribution in [0.3, 0.4) is 0 Å². The van der Waals surface area contributed by atoms with Crippen LogP contribution in [0.15, 0.2) is 24.3 Å². The van der Waals surface area contributed by atoms with Crippen molar-refractivity contribution in [3.8, 4) is 0 Å². The zero-order valence-corrected chi connectivity index (χ0v) is 36.8. The third-order valence-corrected chi connectivity index (χ3v) is 9.29. The van der Waals surface area contributed by atoms with E-state index in [9.17, 15) is 19.8 Å². The van der Waals surface area contributed by atoms with Crippen LogP contribution in [0, 0.1) is 0 Å². The van der Waals surface area contributed by atoms with Gasteiger partial charge in [0.05, 0.1) is 0 Å². The summed E-state index contributed by atoms with van der Waals surface area (Å²) < 4.78 is 0. The van der Waals surface area contributed by atoms with E-state index < -0.39 is 11.9 Å². The smallest absolute Gasteiger partial charge is 0.550 e. The molecule has 0 spiro atoms. The molecule has 5 heteroatoms. The molecule has 0 rings (SSSR count). The molecule has 2 radical (unpaired) electrons. The summed E-state index contributed by atoms with van der Waals surface area (Å²) in [6.07, 6.45) is 53.5. The van der Waals surface area contributed by atoms with Crippen molar-refractivity contribution < 1.29 is 19.8 Å². The van der Waals surface area contributed by atoms with Gasteiger partial charge in [0.15, 0.2) is 0 Å². The molecular formula is C44H82O4Pb. The van der Waals surface area contributed by atoms with Crippen molar-refractivity contribution in [2.75, 3.05) is 0 Å². The first-order valence-electron chi connectivity index (χ1n) is 21.2. The number of carboxylic acids is 2. The molecule has 4 nitrogen and oxygen atoms in total. The molecule has 0 fully saturated rings. The van der Waals surface area contributed by atoms with Gasteiger partial charge in [0.25, 0.3) is 0 Å². The quantitative estimate of drug-likeness (QED) is 0.0351. The fourth-order valence-corrected chi connectivity index (χ4v) is 6.09. The molecule has 0 aliphatic carbocycles. The van der Waals surface area contributed by atoms with E-state index in [4.69, 9.17) is 0 Å². The van der Waals surface area contributed by atoms with E-state index in [2.05, 4.69) is 38.2 Å². The van der Waals surface area contributed by atoms with Gasteiger partial charge in [-0.05, 0) is 77.0 Å². The summed E-state index contributed by atoms with van der Waals surface area (Å²) in [6.45, 7) is 4.54. The monoisotopic (exact) mass is 883 g/mol. The van der Waals surface area contributed by atoms with E-state index in [1.165, 1.54) is 193 Å². The predicted molar refractivity (Wildman–Crippen MR) is 212 cm³/mol. The Labute approximate surface area is 326 Å². The molecular weight excluding hydrogens is 800 g/mol. The largest absolute Gasteiger partial charge is 2.00 e. The van der Waals surface area contributed by atoms with Gasteiger partial charge in [0.1, 0.15) is 0 Å². The summed E-state index contributed by atoms with van der Waals surface area (Å²) in [5.41, 5.74) is 0. The van der Waals surface area contributed by atoms with Gasteiger partial charge >= 0.3 is 27.3 Å². The number of allylic oxidation sites excluding steroid dienone is 4. The molecule has 0 heterocycles. The number of carboxylic acid groups (broad SMARTS) is 2. The van der Waals surface area contributed by atoms with Crippen molar-refractivity contribution in [2.45, 2.75) is 245 Å². The second-order valence-electron chi connectivity index (χ2n) is 14.2. The average molecular weight is 882 g/mol. The van der Waals surface area contributed by atoms with E-state index in [0.717, 1.165) is 25.7 Å². The first-order valence-corrected chi connectivity index (χ1v) is 21.2. The Hall–Kier alpha value is -0.658. The van der Waals surface area contributed by atoms with Gasteiger partial charge in [-0.15, -0.1) is 0 Å². The number of rotatable bonds is 38. The van der Waals surface area contributed by atoms with Crippen molar-refractivity contribution in [1.82, 2.24) is 0 Å². The summed E-state index contributed by atoms with van der Waals surface area (Å²) in [5.74, 6) is -1.81. The fourth-order valence-electron chi connectivity index (χ4n) is 6.09. The summed E-state index contributed by atoms with van der Waals surface area (Å²) in [7, 11) is 0. The Morgan fingerprint density at radius 3 is 0.714 bits per heavy atom. The zero-order valence-electron chi connectivity index (χ0n) is 32.9. The molecule has 0 bridgehead atoms. The minimum atomic E-state index is -0.906. The van der Waals surface area contributed by atoms with Crippen LogP contribution in [-0.4, -0.2) is 39.2 Å². The molecule has 0 atom stereocenters. The van der Waals surface area contributed by atoms with Crippen molar-refractivity contribution in [2.24, 2.45) is 0 Å². The van der Waals surface area contributed by atoms with Gasteiger partial charge in [-0.3, -0.25) is 0 Å². The van der Waals surface area contributed by atoms with Gasteiger partial charge < -0.3 is 19.8 Å². The third-order valence-electron chi connectivity index (χ3n) is 9.29. The van der Waals surface area contributed by atoms with Crippen molar-refractivity contribution in [1.29, 1.82) is 0 Å². The standard InChI is InChI=1S/2C22H42O2.Pb/c2*1-2-3-4-5-6-7-8-9-10-11-12-13-14-15-16-17-18-19-20-21-22(23)24;/h2*9-10H,2-8,11-21H2,1H3,(H,23,24);/q;;+2/p-2/b2*10-9-;. The van der Waals surface area contributed by atoms with Gasteiger partial charge in [0, 0.05) is 11.9 Å². The van der Waals surface area contributed by atoms with E-state index in [0.29, 0.717) is 0 Å². The molecule has 0 amide bonds. The van der Waals surface area contributed by atoms with Crippen molar-refractivity contribution in [3.05, 3.63) is 24.3 Å². The van der Waals surface area contributed by atoms with Gasteiger partial charge in [-0.1, -0.05) is 192 Å². The molecule has 0 unspecified atom stereocenters. The average Bonchev–Trinajstić information content (AvgIpc) is 3.07. The van der Waals surface area contributed by atoms with Crippen LogP contribution in [-0.2, 0) is 9.59 Å². The van der Waals surface area contributed by atoms with Crippen LogP contribution in [0.5, 0.6) is 0 Å². The first-order chi connectivity index (χ1) is 23.5. The molecule has 0 saturated heterocycles. The molecule has 0 aromatic heterocycles. The summed E-state index contributed by atoms with van der Waals surface area (Å²) in [4.78, 5) is 20.5. The Bertz CT molecular complexity index is 632. The molecule has 49 heavy (non-hydrogen) atoms. The van der Waals surface area contributed by atoms with Crippen molar-refractivity contribution >= 4 is 39.2 Å². The van der Waals surface area contributed by atoms with Crippen LogP contribution < -0.4 is 10.2 Å². The number of carbonyl (C=O) groups excluding carboxylic acids is 2. The minimum Gasteiger partial charge on any atom is -0.550 e. The maximum absolute atomic E-state index is 10.3. The maximum atomic E-state index is 10.3. The molecule has 0 aliphatic heterocycles. The van der Waals surface area contributed by atoms with E-state index >= 15 is 0 Å². The topological polar surface area (TPSA) is 80.3 Å². The zero-order chi connectivity index (χ0) is 35.4. The SMILES string of the molecule is CCCCCCCC/C=C\CCCCCCCCCCCC(=O)[O-].CCCCCCCC/C=C\CCCCCCCCCCCC(=O)[O-].[Pb+2]. The summed E-state index contributed by atoms with van der Waals surface area (Å²) >= 11 is 0. The summed E-state index contributed by atoms with van der Waals surface area (Å²) in [6, 6.07) is 0. The number of aliphatic carboxylic acids is 2. The van der Waals surface area contributed by atoms with Crippen LogP contribution in [0.2, 0.25) is 0 Å². The molecule has 0 aliphatic rings.